The molecular formula is C14H22N4O3S. The van der Waals surface area contributed by atoms with Gasteiger partial charge in [-0.15, -0.1) is 0 Å². The summed E-state index contributed by atoms with van der Waals surface area (Å²) in [6, 6.07) is 0.943. The lowest BCUT2D eigenvalue weighted by Gasteiger charge is -2.11. The van der Waals surface area contributed by atoms with Gasteiger partial charge in [-0.2, -0.15) is 0 Å². The maximum absolute atomic E-state index is 11.7. The number of hydrogen-bond acceptors (Lipinski definition) is 5. The molecule has 22 heavy (non-hydrogen) atoms. The Labute approximate surface area is 133 Å². The smallest absolute Gasteiger partial charge is 0.321 e. The molecule has 0 bridgehead atoms. The molecule has 1 rings (SSSR count). The summed E-state index contributed by atoms with van der Waals surface area (Å²) in [7, 11) is 0. The molecule has 7 nitrogen and oxygen atoms in total. The second kappa shape index (κ2) is 9.24. The summed E-state index contributed by atoms with van der Waals surface area (Å²) >= 11 is 1.09. The molecule has 1 aromatic rings. The van der Waals surface area contributed by atoms with Gasteiger partial charge in [0.1, 0.15) is 0 Å². The van der Waals surface area contributed by atoms with Crippen molar-refractivity contribution >= 4 is 23.7 Å². The second-order valence-electron chi connectivity index (χ2n) is 4.91. The molecule has 0 aliphatic carbocycles. The number of nitrogens with zero attached hydrogens (tertiary/aromatic N) is 1. The van der Waals surface area contributed by atoms with E-state index in [-0.39, 0.29) is 17.4 Å². The number of nitrogens with one attached hydrogen (secondary N) is 3. The Morgan fingerprint density at radius 3 is 2.77 bits per heavy atom. The van der Waals surface area contributed by atoms with E-state index in [4.69, 9.17) is 0 Å². The van der Waals surface area contributed by atoms with Crippen LogP contribution in [0.1, 0.15) is 39.3 Å². The Morgan fingerprint density at radius 2 is 2.14 bits per heavy atom. The van der Waals surface area contributed by atoms with Crippen molar-refractivity contribution in [2.75, 3.05) is 5.75 Å². The molecule has 1 heterocycles. The van der Waals surface area contributed by atoms with E-state index in [9.17, 15) is 14.4 Å². The van der Waals surface area contributed by atoms with Crippen molar-refractivity contribution in [1.29, 1.82) is 0 Å². The molecule has 0 saturated carbocycles. The largest absolute Gasteiger partial charge is 0.335 e. The number of aryl methyl sites for hydroxylation is 1. The Bertz CT molecular complexity index is 573. The van der Waals surface area contributed by atoms with Gasteiger partial charge in [-0.3, -0.25) is 14.9 Å². The lowest BCUT2D eigenvalue weighted by molar-refractivity contribution is -0.117. The average Bonchev–Trinajstić information content (AvgIpc) is 2.44. The summed E-state index contributed by atoms with van der Waals surface area (Å²) in [5.41, 5.74) is 0.458. The fourth-order valence-electron chi connectivity index (χ4n) is 1.59. The summed E-state index contributed by atoms with van der Waals surface area (Å²) in [6.07, 6.45) is 2.38. The van der Waals surface area contributed by atoms with Crippen molar-refractivity contribution < 1.29 is 9.59 Å². The maximum Gasteiger partial charge on any atom is 0.321 e. The first-order valence-corrected chi connectivity index (χ1v) is 8.26. The molecule has 1 atom stereocenters. The number of aromatic amines is 1. The van der Waals surface area contributed by atoms with Gasteiger partial charge in [0.15, 0.2) is 5.16 Å². The predicted molar refractivity (Wildman–Crippen MR) is 86.0 cm³/mol. The van der Waals surface area contributed by atoms with Crippen LogP contribution in [0.25, 0.3) is 0 Å². The average molecular weight is 326 g/mol. The topological polar surface area (TPSA) is 104 Å². The third-order valence-corrected chi connectivity index (χ3v) is 3.74. The van der Waals surface area contributed by atoms with Crippen molar-refractivity contribution in [3.63, 3.8) is 0 Å². The molecule has 0 saturated heterocycles. The van der Waals surface area contributed by atoms with Gasteiger partial charge in [-0.25, -0.2) is 9.78 Å². The summed E-state index contributed by atoms with van der Waals surface area (Å²) in [5, 5.41) is 5.26. The molecule has 0 spiro atoms. The fraction of sp³-hybridized carbons (Fsp3) is 0.571. The van der Waals surface area contributed by atoms with Crippen molar-refractivity contribution in [1.82, 2.24) is 20.6 Å². The van der Waals surface area contributed by atoms with Crippen LogP contribution in [0.15, 0.2) is 16.0 Å². The van der Waals surface area contributed by atoms with Crippen LogP contribution in [0, 0.1) is 0 Å². The van der Waals surface area contributed by atoms with Crippen molar-refractivity contribution in [2.24, 2.45) is 0 Å². The molecule has 0 aliphatic heterocycles. The molecule has 0 aromatic carbocycles. The molecule has 122 valence electrons. The van der Waals surface area contributed by atoms with Crippen LogP contribution in [0.2, 0.25) is 0 Å². The van der Waals surface area contributed by atoms with Crippen LogP contribution >= 0.6 is 11.8 Å². The lowest BCUT2D eigenvalue weighted by Crippen LogP contribution is -2.43. The van der Waals surface area contributed by atoms with Gasteiger partial charge in [-0.1, -0.05) is 32.0 Å². The number of carbonyl (C=O) groups excluding carboxylic acids is 2. The van der Waals surface area contributed by atoms with E-state index in [1.54, 1.807) is 0 Å². The zero-order valence-electron chi connectivity index (χ0n) is 13.1. The number of amides is 3. The van der Waals surface area contributed by atoms with Crippen molar-refractivity contribution in [3.05, 3.63) is 22.1 Å². The van der Waals surface area contributed by atoms with Gasteiger partial charge >= 0.3 is 6.03 Å². The number of thioether (sulfide) groups is 1. The number of hydrogen-bond donors (Lipinski definition) is 3. The number of urea groups is 1. The molecular weight excluding hydrogens is 304 g/mol. The monoisotopic (exact) mass is 326 g/mol. The minimum Gasteiger partial charge on any atom is -0.335 e. The van der Waals surface area contributed by atoms with Crippen LogP contribution in [0.5, 0.6) is 0 Å². The standard InChI is InChI=1S/C14H22N4O3S/c1-4-6-10-7-11(19)18-14(16-10)22-8-12(20)17-13(21)15-9(3)5-2/h7,9H,4-6,8H2,1-3H3,(H,16,18,19)(H2,15,17,20,21)/t9-/m1/s1. The Balaban J connectivity index is 2.50. The Hall–Kier alpha value is -1.83. The van der Waals surface area contributed by atoms with E-state index >= 15 is 0 Å². The second-order valence-corrected chi connectivity index (χ2v) is 5.88. The first kappa shape index (κ1) is 18.2. The van der Waals surface area contributed by atoms with E-state index in [0.29, 0.717) is 17.3 Å². The summed E-state index contributed by atoms with van der Waals surface area (Å²) in [6.45, 7) is 5.79. The third-order valence-electron chi connectivity index (χ3n) is 2.86. The van der Waals surface area contributed by atoms with Gasteiger partial charge in [0, 0.05) is 17.8 Å². The fourth-order valence-corrected chi connectivity index (χ4v) is 2.29. The first-order chi connectivity index (χ1) is 10.4. The zero-order chi connectivity index (χ0) is 16.5. The van der Waals surface area contributed by atoms with Crippen LogP contribution in [-0.4, -0.2) is 33.7 Å². The van der Waals surface area contributed by atoms with E-state index < -0.39 is 11.9 Å². The highest BCUT2D eigenvalue weighted by molar-refractivity contribution is 7.99. The number of carbonyl (C=O) groups is 2. The highest BCUT2D eigenvalue weighted by Crippen LogP contribution is 2.11. The normalized spacial score (nSPS) is 11.8. The first-order valence-electron chi connectivity index (χ1n) is 7.28. The molecule has 1 aromatic heterocycles. The summed E-state index contributed by atoms with van der Waals surface area (Å²) in [5.74, 6) is -0.429. The van der Waals surface area contributed by atoms with Crippen LogP contribution in [0.4, 0.5) is 4.79 Å². The summed E-state index contributed by atoms with van der Waals surface area (Å²) < 4.78 is 0. The van der Waals surface area contributed by atoms with Crippen LogP contribution in [-0.2, 0) is 11.2 Å². The Kier molecular flexibility index (Phi) is 7.65. The minimum absolute atomic E-state index is 0.00389. The quantitative estimate of drug-likeness (QED) is 0.519. The highest BCUT2D eigenvalue weighted by Gasteiger charge is 2.11. The number of aromatic nitrogens is 2. The van der Waals surface area contributed by atoms with Crippen LogP contribution in [0.3, 0.4) is 0 Å². The number of H-pyrrole nitrogens is 1. The molecule has 3 amide bonds. The van der Waals surface area contributed by atoms with Gasteiger partial charge in [0.25, 0.3) is 5.56 Å². The highest BCUT2D eigenvalue weighted by atomic mass is 32.2. The lowest BCUT2D eigenvalue weighted by atomic mass is 10.2. The molecule has 0 fully saturated rings. The van der Waals surface area contributed by atoms with E-state index in [0.717, 1.165) is 24.6 Å². The molecule has 3 N–H and O–H groups in total. The zero-order valence-corrected chi connectivity index (χ0v) is 13.9. The summed E-state index contributed by atoms with van der Waals surface area (Å²) in [4.78, 5) is 41.5. The van der Waals surface area contributed by atoms with Crippen LogP contribution < -0.4 is 16.2 Å². The van der Waals surface area contributed by atoms with Gasteiger partial charge < -0.3 is 10.3 Å². The van der Waals surface area contributed by atoms with E-state index in [1.807, 2.05) is 20.8 Å². The van der Waals surface area contributed by atoms with Gasteiger partial charge in [0.2, 0.25) is 5.91 Å². The molecule has 0 radical (unpaired) electrons. The third kappa shape index (κ3) is 6.75. The molecule has 8 heteroatoms. The minimum atomic E-state index is -0.513. The number of imide groups is 1. The SMILES string of the molecule is CCCc1cc(=O)[nH]c(SCC(=O)NC(=O)N[C@H](C)CC)n1. The Morgan fingerprint density at radius 1 is 1.41 bits per heavy atom. The molecule has 0 unspecified atom stereocenters. The van der Waals surface area contributed by atoms with Gasteiger partial charge in [-0.05, 0) is 19.8 Å². The van der Waals surface area contributed by atoms with Crippen molar-refractivity contribution in [2.45, 2.75) is 51.2 Å². The van der Waals surface area contributed by atoms with E-state index in [2.05, 4.69) is 20.6 Å². The van der Waals surface area contributed by atoms with Crippen molar-refractivity contribution in [3.8, 4) is 0 Å². The van der Waals surface area contributed by atoms with Gasteiger partial charge in [0.05, 0.1) is 5.75 Å². The number of rotatable bonds is 7. The molecule has 0 aliphatic rings. The van der Waals surface area contributed by atoms with E-state index in [1.165, 1.54) is 6.07 Å². The maximum atomic E-state index is 11.7. The predicted octanol–water partition coefficient (Wildman–Crippen LogP) is 1.44.